The third-order valence-corrected chi connectivity index (χ3v) is 6.73. The molecule has 31 heavy (non-hydrogen) atoms. The first-order valence-electron chi connectivity index (χ1n) is 10.1. The molecule has 0 aromatic heterocycles. The number of amides is 4. The highest BCUT2D eigenvalue weighted by Gasteiger charge is 2.04. The number of hydrogen-bond acceptors (Lipinski definition) is 5. The number of rotatable bonds is 12. The molecule has 0 bridgehead atoms. The lowest BCUT2D eigenvalue weighted by Gasteiger charge is -2.09. The van der Waals surface area contributed by atoms with Crippen LogP contribution < -0.4 is 21.3 Å². The molecule has 0 aliphatic heterocycles. The molecule has 2 aromatic rings. The average Bonchev–Trinajstić information content (AvgIpc) is 2.77. The topological polar surface area (TPSA) is 82.3 Å². The van der Waals surface area contributed by atoms with Gasteiger partial charge in [-0.15, -0.1) is 0 Å². The summed E-state index contributed by atoms with van der Waals surface area (Å²) in [5.74, 6) is 0.744. The second kappa shape index (κ2) is 15.0. The van der Waals surface area contributed by atoms with E-state index in [0.717, 1.165) is 46.2 Å². The van der Waals surface area contributed by atoms with Crippen molar-refractivity contribution < 1.29 is 9.59 Å². The minimum atomic E-state index is -0.213. The highest BCUT2D eigenvalue weighted by atomic mass is 33.1. The molecule has 0 aliphatic rings. The summed E-state index contributed by atoms with van der Waals surface area (Å²) in [5, 5.41) is 11.2. The van der Waals surface area contributed by atoms with E-state index in [4.69, 9.17) is 7.85 Å². The molecular weight excluding hydrogens is 447 g/mol. The summed E-state index contributed by atoms with van der Waals surface area (Å²) in [7, 11) is 8.68. The van der Waals surface area contributed by atoms with Crippen LogP contribution in [0.3, 0.4) is 0 Å². The van der Waals surface area contributed by atoms with E-state index in [1.165, 1.54) is 0 Å². The van der Waals surface area contributed by atoms with Crippen LogP contribution in [0, 0.1) is 0 Å². The van der Waals surface area contributed by atoms with Crippen LogP contribution in [0.1, 0.15) is 19.3 Å². The van der Waals surface area contributed by atoms with Gasteiger partial charge < -0.3 is 21.3 Å². The maximum atomic E-state index is 11.8. The van der Waals surface area contributed by atoms with E-state index in [1.807, 2.05) is 48.5 Å². The second-order valence-electron chi connectivity index (χ2n) is 6.55. The van der Waals surface area contributed by atoms with Gasteiger partial charge in [-0.2, -0.15) is 12.6 Å². The Labute approximate surface area is 198 Å². The molecule has 0 heterocycles. The first-order valence-corrected chi connectivity index (χ1v) is 12.8. The number of unbranched alkanes of at least 4 members (excludes halogenated alkanes) is 1. The Morgan fingerprint density at radius 2 is 1.19 bits per heavy atom. The SMILES string of the molecule is [B]CCCCNC(=O)Nc1ccc(SSc2ccc(NC(=O)NCCCS)cc2)cc1. The number of anilines is 2. The summed E-state index contributed by atoms with van der Waals surface area (Å²) in [4.78, 5) is 25.7. The van der Waals surface area contributed by atoms with Gasteiger partial charge >= 0.3 is 12.1 Å². The number of nitrogens with one attached hydrogen (secondary N) is 4. The molecule has 4 N–H and O–H groups in total. The Kier molecular flexibility index (Phi) is 12.3. The van der Waals surface area contributed by atoms with Crippen LogP contribution in [-0.2, 0) is 0 Å². The molecule has 4 amide bonds. The Hall–Kier alpha value is -1.91. The molecule has 0 atom stereocenters. The predicted octanol–water partition coefficient (Wildman–Crippen LogP) is 5.42. The molecule has 0 saturated heterocycles. The summed E-state index contributed by atoms with van der Waals surface area (Å²) in [6, 6.07) is 14.9. The monoisotopic (exact) mass is 474 g/mol. The third-order valence-electron chi connectivity index (χ3n) is 4.00. The normalized spacial score (nSPS) is 10.4. The number of benzene rings is 2. The zero-order valence-electron chi connectivity index (χ0n) is 17.2. The quantitative estimate of drug-likeness (QED) is 0.123. The van der Waals surface area contributed by atoms with Gasteiger partial charge in [-0.1, -0.05) is 34.3 Å². The fourth-order valence-electron chi connectivity index (χ4n) is 2.39. The van der Waals surface area contributed by atoms with Crippen LogP contribution in [0.2, 0.25) is 6.32 Å². The van der Waals surface area contributed by atoms with Crippen LogP contribution in [0.4, 0.5) is 21.0 Å². The highest BCUT2D eigenvalue weighted by molar-refractivity contribution is 8.76. The molecule has 0 saturated carbocycles. The average molecular weight is 474 g/mol. The van der Waals surface area contributed by atoms with E-state index in [9.17, 15) is 9.59 Å². The van der Waals surface area contributed by atoms with Crippen molar-refractivity contribution in [2.24, 2.45) is 0 Å². The minimum Gasteiger partial charge on any atom is -0.338 e. The van der Waals surface area contributed by atoms with E-state index in [-0.39, 0.29) is 12.1 Å². The van der Waals surface area contributed by atoms with Gasteiger partial charge in [0, 0.05) is 34.3 Å². The molecule has 6 nitrogen and oxygen atoms in total. The van der Waals surface area contributed by atoms with Crippen molar-refractivity contribution in [2.75, 3.05) is 29.5 Å². The minimum absolute atomic E-state index is 0.212. The molecule has 0 fully saturated rings. The number of urea groups is 2. The van der Waals surface area contributed by atoms with Crippen molar-refractivity contribution in [1.29, 1.82) is 0 Å². The van der Waals surface area contributed by atoms with Crippen molar-refractivity contribution in [3.63, 3.8) is 0 Å². The van der Waals surface area contributed by atoms with Gasteiger partial charge in [0.15, 0.2) is 0 Å². The van der Waals surface area contributed by atoms with E-state index in [2.05, 4.69) is 33.9 Å². The van der Waals surface area contributed by atoms with Crippen LogP contribution >= 0.6 is 34.2 Å². The van der Waals surface area contributed by atoms with Crippen molar-refractivity contribution in [2.45, 2.75) is 35.4 Å². The summed E-state index contributed by atoms with van der Waals surface area (Å²) < 4.78 is 0. The van der Waals surface area contributed by atoms with Gasteiger partial charge in [0.1, 0.15) is 0 Å². The fourth-order valence-corrected chi connectivity index (χ4v) is 4.48. The van der Waals surface area contributed by atoms with Crippen LogP contribution in [0.15, 0.2) is 58.3 Å². The Bertz CT molecular complexity index is 807. The number of carbonyl (C=O) groups excluding carboxylic acids is 2. The van der Waals surface area contributed by atoms with Crippen LogP contribution in [0.25, 0.3) is 0 Å². The Morgan fingerprint density at radius 1 is 0.742 bits per heavy atom. The van der Waals surface area contributed by atoms with Crippen molar-refractivity contribution in [3.8, 4) is 0 Å². The molecular formula is C21H27BN4O2S3. The molecule has 0 aliphatic carbocycles. The summed E-state index contributed by atoms with van der Waals surface area (Å²) >= 11 is 4.12. The molecule has 2 rings (SSSR count). The zero-order valence-corrected chi connectivity index (χ0v) is 19.8. The summed E-state index contributed by atoms with van der Waals surface area (Å²) in [6.07, 6.45) is 3.24. The van der Waals surface area contributed by atoms with Gasteiger partial charge in [-0.25, -0.2) is 9.59 Å². The lowest BCUT2D eigenvalue weighted by Crippen LogP contribution is -2.29. The van der Waals surface area contributed by atoms with E-state index in [1.54, 1.807) is 21.6 Å². The summed E-state index contributed by atoms with van der Waals surface area (Å²) in [5.41, 5.74) is 1.49. The number of carbonyl (C=O) groups is 2. The Morgan fingerprint density at radius 3 is 1.61 bits per heavy atom. The van der Waals surface area contributed by atoms with Gasteiger partial charge in [0.2, 0.25) is 0 Å². The fraction of sp³-hybridized carbons (Fsp3) is 0.333. The van der Waals surface area contributed by atoms with Crippen molar-refractivity contribution in [3.05, 3.63) is 48.5 Å². The van der Waals surface area contributed by atoms with Crippen LogP contribution in [-0.4, -0.2) is 38.8 Å². The lowest BCUT2D eigenvalue weighted by atomic mass is 10.0. The van der Waals surface area contributed by atoms with E-state index in [0.29, 0.717) is 19.4 Å². The predicted molar refractivity (Wildman–Crippen MR) is 137 cm³/mol. The Balaban J connectivity index is 1.72. The van der Waals surface area contributed by atoms with Crippen LogP contribution in [0.5, 0.6) is 0 Å². The number of thiol groups is 1. The first-order chi connectivity index (χ1) is 15.1. The van der Waals surface area contributed by atoms with Gasteiger partial charge in [0.25, 0.3) is 0 Å². The third kappa shape index (κ3) is 10.8. The maximum Gasteiger partial charge on any atom is 0.319 e. The molecule has 2 aromatic carbocycles. The lowest BCUT2D eigenvalue weighted by molar-refractivity contribution is 0.251. The summed E-state index contributed by atoms with van der Waals surface area (Å²) in [6.45, 7) is 1.22. The maximum absolute atomic E-state index is 11.8. The molecule has 0 unspecified atom stereocenters. The second-order valence-corrected chi connectivity index (χ2v) is 9.27. The van der Waals surface area contributed by atoms with Gasteiger partial charge in [-0.05, 0) is 67.1 Å². The zero-order chi connectivity index (χ0) is 22.3. The first kappa shape index (κ1) is 25.4. The van der Waals surface area contributed by atoms with Gasteiger partial charge in [0.05, 0.1) is 7.85 Å². The molecule has 2 radical (unpaired) electrons. The molecule has 10 heteroatoms. The number of hydrogen-bond donors (Lipinski definition) is 5. The largest absolute Gasteiger partial charge is 0.338 e. The molecule has 0 spiro atoms. The van der Waals surface area contributed by atoms with Crippen molar-refractivity contribution >= 4 is 65.5 Å². The van der Waals surface area contributed by atoms with Gasteiger partial charge in [-0.3, -0.25) is 0 Å². The van der Waals surface area contributed by atoms with E-state index < -0.39 is 0 Å². The smallest absolute Gasteiger partial charge is 0.319 e. The highest BCUT2D eigenvalue weighted by Crippen LogP contribution is 2.37. The standard InChI is InChI=1S/C21H27BN4O2S3/c22-12-1-2-13-23-20(27)25-16-4-8-18(9-5-16)30-31-19-10-6-17(7-11-19)26-21(28)24-14-3-15-29/h4-11,29H,1-3,12-15H2,(H2,23,25,27)(H2,24,26,28). The molecule has 164 valence electrons. The van der Waals surface area contributed by atoms with Crippen molar-refractivity contribution in [1.82, 2.24) is 10.6 Å². The van der Waals surface area contributed by atoms with E-state index >= 15 is 0 Å².